The summed E-state index contributed by atoms with van der Waals surface area (Å²) in [6.45, 7) is 1.59. The number of rotatable bonds is 7. The maximum atomic E-state index is 12.5. The molecule has 0 unspecified atom stereocenters. The van der Waals surface area contributed by atoms with E-state index in [1.807, 2.05) is 0 Å². The Morgan fingerprint density at radius 2 is 1.55 bits per heavy atom. The Balaban J connectivity index is 3.23. The molecule has 0 N–H and O–H groups in total. The van der Waals surface area contributed by atoms with E-state index >= 15 is 0 Å². The van der Waals surface area contributed by atoms with Crippen LogP contribution in [0.25, 0.3) is 0 Å². The first-order chi connectivity index (χ1) is 10.1. The summed E-state index contributed by atoms with van der Waals surface area (Å²) in [7, 11) is -5.26. The molecule has 1 aromatic rings. The van der Waals surface area contributed by atoms with E-state index in [9.17, 15) is 21.6 Å². The lowest BCUT2D eigenvalue weighted by Crippen LogP contribution is -2.41. The fourth-order valence-electron chi connectivity index (χ4n) is 1.91. The fraction of sp³-hybridized carbons (Fsp3) is 0.500. The van der Waals surface area contributed by atoms with E-state index in [1.54, 1.807) is 18.2 Å². The van der Waals surface area contributed by atoms with Crippen molar-refractivity contribution < 1.29 is 34.9 Å². The second-order valence-corrected chi connectivity index (χ2v) is 8.01. The SMILES string of the molecule is COCc1cccc(COC)c1[Si](C)OS(=O)(=O)C(F)(F)F. The molecule has 0 amide bonds. The molecule has 0 aliphatic carbocycles. The third-order valence-electron chi connectivity index (χ3n) is 2.71. The van der Waals surface area contributed by atoms with Gasteiger partial charge in [0.2, 0.25) is 0 Å². The highest BCUT2D eigenvalue weighted by molar-refractivity contribution is 7.88. The number of hydrogen-bond donors (Lipinski definition) is 0. The minimum atomic E-state index is -5.64. The summed E-state index contributed by atoms with van der Waals surface area (Å²) < 4.78 is 74.2. The molecule has 0 aliphatic heterocycles. The Morgan fingerprint density at radius 3 is 1.91 bits per heavy atom. The van der Waals surface area contributed by atoms with Crippen LogP contribution in [-0.4, -0.2) is 37.2 Å². The predicted octanol–water partition coefficient (Wildman–Crippen LogP) is 1.67. The summed E-state index contributed by atoms with van der Waals surface area (Å²) in [5.74, 6) is 0. The third-order valence-corrected chi connectivity index (χ3v) is 6.50. The van der Waals surface area contributed by atoms with Gasteiger partial charge in [-0.15, -0.1) is 0 Å². The molecule has 0 saturated heterocycles. The van der Waals surface area contributed by atoms with Crippen molar-refractivity contribution in [2.24, 2.45) is 0 Å². The van der Waals surface area contributed by atoms with Crippen LogP contribution in [0, 0.1) is 0 Å². The highest BCUT2D eigenvalue weighted by atomic mass is 32.2. The number of methoxy groups -OCH3 is 2. The molecule has 0 spiro atoms. The molecule has 0 bridgehead atoms. The fourth-order valence-corrected chi connectivity index (χ4v) is 5.15. The zero-order valence-corrected chi connectivity index (χ0v) is 14.0. The molecular formula is C12H16F3O5SSi. The molecule has 0 heterocycles. The van der Waals surface area contributed by atoms with Gasteiger partial charge < -0.3 is 13.3 Å². The topological polar surface area (TPSA) is 61.8 Å². The van der Waals surface area contributed by atoms with Gasteiger partial charge in [0.25, 0.3) is 9.04 Å². The standard InChI is InChI=1S/C12H16F3O5SSi/c1-18-7-9-5-4-6-10(8-19-2)11(9)22(3)20-21(16,17)12(13,14)15/h4-6H,7-8H2,1-3H3. The van der Waals surface area contributed by atoms with Crippen molar-refractivity contribution in [3.8, 4) is 0 Å². The van der Waals surface area contributed by atoms with E-state index in [0.29, 0.717) is 16.3 Å². The van der Waals surface area contributed by atoms with E-state index in [2.05, 4.69) is 3.87 Å². The molecule has 0 saturated carbocycles. The molecular weight excluding hydrogens is 341 g/mol. The van der Waals surface area contributed by atoms with Crippen molar-refractivity contribution in [2.45, 2.75) is 25.3 Å². The van der Waals surface area contributed by atoms with Crippen LogP contribution in [0.5, 0.6) is 0 Å². The third kappa shape index (κ3) is 4.52. The van der Waals surface area contributed by atoms with Crippen LogP contribution in [0.15, 0.2) is 18.2 Å². The molecule has 1 aromatic carbocycles. The number of alkyl halides is 3. The van der Waals surface area contributed by atoms with Gasteiger partial charge in [-0.3, -0.25) is 0 Å². The quantitative estimate of drug-likeness (QED) is 0.549. The lowest BCUT2D eigenvalue weighted by molar-refractivity contribution is -0.0500. The first kappa shape index (κ1) is 19.1. The van der Waals surface area contributed by atoms with E-state index in [-0.39, 0.29) is 13.2 Å². The van der Waals surface area contributed by atoms with Gasteiger partial charge >= 0.3 is 15.6 Å². The summed E-state index contributed by atoms with van der Waals surface area (Å²) >= 11 is 0. The lowest BCUT2D eigenvalue weighted by Gasteiger charge is -2.19. The minimum absolute atomic E-state index is 0.129. The molecule has 0 atom stereocenters. The second kappa shape index (κ2) is 7.55. The van der Waals surface area contributed by atoms with Crippen molar-refractivity contribution in [3.05, 3.63) is 29.3 Å². The number of benzene rings is 1. The van der Waals surface area contributed by atoms with E-state index < -0.39 is 24.7 Å². The maximum absolute atomic E-state index is 12.5. The Hall–Kier alpha value is -0.943. The number of halogens is 3. The molecule has 1 radical (unpaired) electrons. The Morgan fingerprint density at radius 1 is 1.09 bits per heavy atom. The molecule has 0 aromatic heterocycles. The Bertz CT molecular complexity index is 579. The smallest absolute Gasteiger partial charge is 0.380 e. The molecule has 10 heteroatoms. The second-order valence-electron chi connectivity index (χ2n) is 4.36. The Labute approximate surface area is 128 Å². The van der Waals surface area contributed by atoms with Crippen LogP contribution in [0.1, 0.15) is 11.1 Å². The molecule has 22 heavy (non-hydrogen) atoms. The van der Waals surface area contributed by atoms with Crippen LogP contribution in [-0.2, 0) is 36.7 Å². The first-order valence-electron chi connectivity index (χ1n) is 6.07. The normalized spacial score (nSPS) is 12.9. The van der Waals surface area contributed by atoms with Crippen LogP contribution >= 0.6 is 0 Å². The van der Waals surface area contributed by atoms with Gasteiger partial charge in [0, 0.05) is 14.2 Å². The van der Waals surface area contributed by atoms with Crippen molar-refractivity contribution in [1.82, 2.24) is 0 Å². The van der Waals surface area contributed by atoms with Gasteiger partial charge in [0.1, 0.15) is 0 Å². The summed E-state index contributed by atoms with van der Waals surface area (Å²) in [5.41, 5.74) is -4.30. The van der Waals surface area contributed by atoms with Gasteiger partial charge in [0.05, 0.1) is 13.2 Å². The zero-order chi connectivity index (χ0) is 17.0. The summed E-state index contributed by atoms with van der Waals surface area (Å²) in [6.07, 6.45) is 0. The van der Waals surface area contributed by atoms with Crippen LogP contribution in [0.3, 0.4) is 0 Å². The molecule has 0 aliphatic rings. The van der Waals surface area contributed by atoms with Crippen molar-refractivity contribution in [1.29, 1.82) is 0 Å². The van der Waals surface area contributed by atoms with Gasteiger partial charge in [-0.05, 0) is 22.9 Å². The average molecular weight is 357 g/mol. The van der Waals surface area contributed by atoms with Crippen molar-refractivity contribution in [3.63, 3.8) is 0 Å². The summed E-state index contributed by atoms with van der Waals surface area (Å²) in [6, 6.07) is 4.99. The number of hydrogen-bond acceptors (Lipinski definition) is 5. The minimum Gasteiger partial charge on any atom is -0.380 e. The molecule has 0 fully saturated rings. The Kier molecular flexibility index (Phi) is 6.56. The van der Waals surface area contributed by atoms with Gasteiger partial charge in [-0.2, -0.15) is 21.6 Å². The van der Waals surface area contributed by atoms with Crippen molar-refractivity contribution in [2.75, 3.05) is 14.2 Å². The van der Waals surface area contributed by atoms with Crippen LogP contribution in [0.2, 0.25) is 6.55 Å². The zero-order valence-electron chi connectivity index (χ0n) is 12.2. The lowest BCUT2D eigenvalue weighted by atomic mass is 10.1. The monoisotopic (exact) mass is 357 g/mol. The van der Waals surface area contributed by atoms with Crippen LogP contribution < -0.4 is 5.19 Å². The average Bonchev–Trinajstić information content (AvgIpc) is 2.37. The van der Waals surface area contributed by atoms with Crippen molar-refractivity contribution >= 4 is 24.3 Å². The molecule has 125 valence electrons. The van der Waals surface area contributed by atoms with Crippen LogP contribution in [0.4, 0.5) is 13.2 Å². The highest BCUT2D eigenvalue weighted by Crippen LogP contribution is 2.25. The largest absolute Gasteiger partial charge is 0.522 e. The van der Waals surface area contributed by atoms with Gasteiger partial charge in [-0.25, -0.2) is 0 Å². The molecule has 5 nitrogen and oxygen atoms in total. The summed E-state index contributed by atoms with van der Waals surface area (Å²) in [4.78, 5) is 0. The predicted molar refractivity (Wildman–Crippen MR) is 75.2 cm³/mol. The summed E-state index contributed by atoms with van der Waals surface area (Å²) in [5, 5.41) is 0.407. The van der Waals surface area contributed by atoms with E-state index in [1.165, 1.54) is 20.8 Å². The molecule has 1 rings (SSSR count). The van der Waals surface area contributed by atoms with E-state index in [0.717, 1.165) is 0 Å². The number of ether oxygens (including phenoxy) is 2. The van der Waals surface area contributed by atoms with Gasteiger partial charge in [-0.1, -0.05) is 18.2 Å². The maximum Gasteiger partial charge on any atom is 0.522 e. The first-order valence-corrected chi connectivity index (χ1v) is 9.39. The van der Waals surface area contributed by atoms with Gasteiger partial charge in [0.15, 0.2) is 0 Å². The van der Waals surface area contributed by atoms with E-state index in [4.69, 9.17) is 9.47 Å². The highest BCUT2D eigenvalue weighted by Gasteiger charge is 2.48.